The maximum Gasteiger partial charge on any atom is 0.270 e. The number of nitro benzene ring substituents is 1. The van der Waals surface area contributed by atoms with E-state index in [0.29, 0.717) is 23.8 Å². The summed E-state index contributed by atoms with van der Waals surface area (Å²) in [5.74, 6) is 0.954. The molecule has 1 aliphatic rings. The summed E-state index contributed by atoms with van der Waals surface area (Å²) in [6.07, 6.45) is 1.92. The SMILES string of the molecule is O=[N+]([O-])c1ccc(OCC2CCOCC2)c(CO)c1. The van der Waals surface area contributed by atoms with Crippen LogP contribution in [0.3, 0.4) is 0 Å². The van der Waals surface area contributed by atoms with E-state index in [2.05, 4.69) is 0 Å². The Kier molecular flexibility index (Phi) is 4.70. The maximum absolute atomic E-state index is 10.7. The van der Waals surface area contributed by atoms with Crippen LogP contribution in [0, 0.1) is 16.0 Å². The molecule has 2 rings (SSSR count). The van der Waals surface area contributed by atoms with Crippen molar-refractivity contribution in [2.24, 2.45) is 5.92 Å². The van der Waals surface area contributed by atoms with Gasteiger partial charge in [0.05, 0.1) is 18.1 Å². The van der Waals surface area contributed by atoms with Gasteiger partial charge in [0.2, 0.25) is 0 Å². The molecule has 0 spiro atoms. The molecule has 104 valence electrons. The van der Waals surface area contributed by atoms with Gasteiger partial charge in [0, 0.05) is 30.9 Å². The molecule has 0 amide bonds. The normalized spacial score (nSPS) is 16.3. The third-order valence-corrected chi connectivity index (χ3v) is 3.24. The molecular weight excluding hydrogens is 250 g/mol. The van der Waals surface area contributed by atoms with Gasteiger partial charge in [-0.25, -0.2) is 0 Å². The molecule has 6 heteroatoms. The fourth-order valence-electron chi connectivity index (χ4n) is 2.06. The summed E-state index contributed by atoms with van der Waals surface area (Å²) >= 11 is 0. The van der Waals surface area contributed by atoms with E-state index in [0.717, 1.165) is 26.1 Å². The average molecular weight is 267 g/mol. The van der Waals surface area contributed by atoms with Crippen LogP contribution in [0.4, 0.5) is 5.69 Å². The summed E-state index contributed by atoms with van der Waals surface area (Å²) in [6, 6.07) is 4.28. The quantitative estimate of drug-likeness (QED) is 0.650. The summed E-state index contributed by atoms with van der Waals surface area (Å²) in [5, 5.41) is 19.9. The first kappa shape index (κ1) is 13.8. The van der Waals surface area contributed by atoms with Crippen LogP contribution in [0.15, 0.2) is 18.2 Å². The molecule has 1 fully saturated rings. The van der Waals surface area contributed by atoms with Crippen molar-refractivity contribution in [3.8, 4) is 5.75 Å². The van der Waals surface area contributed by atoms with Crippen LogP contribution in [0.2, 0.25) is 0 Å². The number of nitrogens with zero attached hydrogens (tertiary/aromatic N) is 1. The van der Waals surface area contributed by atoms with E-state index in [1.165, 1.54) is 12.1 Å². The largest absolute Gasteiger partial charge is 0.493 e. The minimum Gasteiger partial charge on any atom is -0.493 e. The lowest BCUT2D eigenvalue weighted by Gasteiger charge is -2.22. The molecule has 1 aromatic rings. The minimum atomic E-state index is -0.485. The highest BCUT2D eigenvalue weighted by molar-refractivity contribution is 5.43. The second-order valence-corrected chi connectivity index (χ2v) is 4.57. The van der Waals surface area contributed by atoms with Crippen molar-refractivity contribution in [3.63, 3.8) is 0 Å². The summed E-state index contributed by atoms with van der Waals surface area (Å²) in [7, 11) is 0. The Morgan fingerprint density at radius 3 is 2.79 bits per heavy atom. The number of ether oxygens (including phenoxy) is 2. The summed E-state index contributed by atoms with van der Waals surface area (Å²) in [5.41, 5.74) is 0.406. The zero-order valence-corrected chi connectivity index (χ0v) is 10.6. The highest BCUT2D eigenvalue weighted by Crippen LogP contribution is 2.25. The molecule has 6 nitrogen and oxygen atoms in total. The van der Waals surface area contributed by atoms with Gasteiger partial charge >= 0.3 is 0 Å². The third kappa shape index (κ3) is 3.65. The number of nitro groups is 1. The number of rotatable bonds is 5. The van der Waals surface area contributed by atoms with Crippen molar-refractivity contribution in [2.45, 2.75) is 19.4 Å². The van der Waals surface area contributed by atoms with Crippen LogP contribution in [0.25, 0.3) is 0 Å². The first-order valence-corrected chi connectivity index (χ1v) is 6.29. The molecule has 0 unspecified atom stereocenters. The lowest BCUT2D eigenvalue weighted by molar-refractivity contribution is -0.385. The number of benzene rings is 1. The molecule has 19 heavy (non-hydrogen) atoms. The van der Waals surface area contributed by atoms with Gasteiger partial charge in [0.15, 0.2) is 0 Å². The van der Waals surface area contributed by atoms with Crippen LogP contribution < -0.4 is 4.74 Å². The Morgan fingerprint density at radius 1 is 1.42 bits per heavy atom. The summed E-state index contributed by atoms with van der Waals surface area (Å²) in [4.78, 5) is 10.2. The molecule has 0 saturated carbocycles. The summed E-state index contributed by atoms with van der Waals surface area (Å²) < 4.78 is 10.9. The highest BCUT2D eigenvalue weighted by Gasteiger charge is 2.16. The fourth-order valence-corrected chi connectivity index (χ4v) is 2.06. The van der Waals surface area contributed by atoms with Gasteiger partial charge in [-0.15, -0.1) is 0 Å². The Balaban J connectivity index is 2.00. The molecule has 1 aliphatic heterocycles. The number of aliphatic hydroxyl groups is 1. The number of non-ortho nitro benzene ring substituents is 1. The zero-order valence-electron chi connectivity index (χ0n) is 10.6. The fraction of sp³-hybridized carbons (Fsp3) is 0.538. The first-order valence-electron chi connectivity index (χ1n) is 6.29. The van der Waals surface area contributed by atoms with Crippen molar-refractivity contribution < 1.29 is 19.5 Å². The molecule has 1 aromatic carbocycles. The standard InChI is InChI=1S/C13H17NO5/c15-8-11-7-12(14(16)17)1-2-13(11)19-9-10-3-5-18-6-4-10/h1-2,7,10,15H,3-6,8-9H2. The number of hydrogen-bond donors (Lipinski definition) is 1. The molecule has 0 radical (unpaired) electrons. The third-order valence-electron chi connectivity index (χ3n) is 3.24. The average Bonchev–Trinajstić information content (AvgIpc) is 2.45. The van der Waals surface area contributed by atoms with Crippen LogP contribution in [-0.2, 0) is 11.3 Å². The molecule has 1 saturated heterocycles. The molecule has 0 aromatic heterocycles. The van der Waals surface area contributed by atoms with E-state index in [9.17, 15) is 15.2 Å². The van der Waals surface area contributed by atoms with Gasteiger partial charge in [-0.1, -0.05) is 0 Å². The predicted molar refractivity (Wildman–Crippen MR) is 68.1 cm³/mol. The van der Waals surface area contributed by atoms with Crippen molar-refractivity contribution in [3.05, 3.63) is 33.9 Å². The van der Waals surface area contributed by atoms with Crippen LogP contribution in [0.1, 0.15) is 18.4 Å². The van der Waals surface area contributed by atoms with Gasteiger partial charge in [-0.3, -0.25) is 10.1 Å². The first-order chi connectivity index (χ1) is 9.20. The minimum absolute atomic E-state index is 0.0394. The molecular formula is C13H17NO5. The van der Waals surface area contributed by atoms with Crippen LogP contribution in [0.5, 0.6) is 5.75 Å². The van der Waals surface area contributed by atoms with Crippen molar-refractivity contribution in [2.75, 3.05) is 19.8 Å². The number of aliphatic hydroxyl groups excluding tert-OH is 1. The Labute approximate surface area is 111 Å². The Bertz CT molecular complexity index is 443. The molecule has 0 aliphatic carbocycles. The van der Waals surface area contributed by atoms with E-state index in [-0.39, 0.29) is 12.3 Å². The van der Waals surface area contributed by atoms with Crippen molar-refractivity contribution >= 4 is 5.69 Å². The van der Waals surface area contributed by atoms with E-state index >= 15 is 0 Å². The van der Waals surface area contributed by atoms with E-state index in [1.807, 2.05) is 0 Å². The van der Waals surface area contributed by atoms with E-state index in [1.54, 1.807) is 6.07 Å². The Hall–Kier alpha value is -1.66. The molecule has 1 heterocycles. The van der Waals surface area contributed by atoms with Crippen molar-refractivity contribution in [1.29, 1.82) is 0 Å². The summed E-state index contributed by atoms with van der Waals surface area (Å²) in [6.45, 7) is 1.78. The molecule has 0 bridgehead atoms. The monoisotopic (exact) mass is 267 g/mol. The lowest BCUT2D eigenvalue weighted by Crippen LogP contribution is -2.21. The van der Waals surface area contributed by atoms with Gasteiger partial charge in [-0.05, 0) is 24.8 Å². The lowest BCUT2D eigenvalue weighted by atomic mass is 10.0. The molecule has 0 atom stereocenters. The van der Waals surface area contributed by atoms with Gasteiger partial charge in [0.1, 0.15) is 5.75 Å². The highest BCUT2D eigenvalue weighted by atomic mass is 16.6. The van der Waals surface area contributed by atoms with Gasteiger partial charge in [-0.2, -0.15) is 0 Å². The van der Waals surface area contributed by atoms with Crippen LogP contribution in [-0.4, -0.2) is 29.9 Å². The predicted octanol–water partition coefficient (Wildman–Crippen LogP) is 1.89. The smallest absolute Gasteiger partial charge is 0.270 e. The second-order valence-electron chi connectivity index (χ2n) is 4.57. The van der Waals surface area contributed by atoms with Gasteiger partial charge in [0.25, 0.3) is 5.69 Å². The second kappa shape index (κ2) is 6.49. The number of hydrogen-bond acceptors (Lipinski definition) is 5. The Morgan fingerprint density at radius 2 is 2.16 bits per heavy atom. The van der Waals surface area contributed by atoms with Crippen LogP contribution >= 0.6 is 0 Å². The van der Waals surface area contributed by atoms with Gasteiger partial charge < -0.3 is 14.6 Å². The zero-order chi connectivity index (χ0) is 13.7. The van der Waals surface area contributed by atoms with E-state index in [4.69, 9.17) is 9.47 Å². The maximum atomic E-state index is 10.7. The topological polar surface area (TPSA) is 81.8 Å². The van der Waals surface area contributed by atoms with Crippen molar-refractivity contribution in [1.82, 2.24) is 0 Å². The van der Waals surface area contributed by atoms with E-state index < -0.39 is 4.92 Å². The molecule has 1 N–H and O–H groups in total.